The van der Waals surface area contributed by atoms with Crippen molar-refractivity contribution in [3.8, 4) is 0 Å². The van der Waals surface area contributed by atoms with Crippen LogP contribution in [0.1, 0.15) is 25.7 Å². The molecule has 0 amide bonds. The second kappa shape index (κ2) is 5.91. The number of nitrogens with zero attached hydrogens (tertiary/aromatic N) is 1. The van der Waals surface area contributed by atoms with Crippen LogP contribution in [0.15, 0.2) is 0 Å². The Balaban J connectivity index is 0.000000980. The van der Waals surface area contributed by atoms with Gasteiger partial charge in [0.1, 0.15) is 0 Å². The van der Waals surface area contributed by atoms with Crippen LogP contribution in [0.3, 0.4) is 0 Å². The van der Waals surface area contributed by atoms with Gasteiger partial charge in [0, 0.05) is 25.7 Å². The molecule has 2 N–H and O–H groups in total. The Kier molecular flexibility index (Phi) is 5.17. The fraction of sp³-hybridized carbons (Fsp3) is 1.00. The van der Waals surface area contributed by atoms with Crippen LogP contribution in [-0.4, -0.2) is 48.3 Å². The number of halogens is 1. The Morgan fingerprint density at radius 2 is 2.14 bits per heavy atom. The van der Waals surface area contributed by atoms with Crippen molar-refractivity contribution in [3.05, 3.63) is 0 Å². The molecule has 0 radical (unpaired) electrons. The maximum atomic E-state index is 9.37. The molecule has 3 nitrogen and oxygen atoms in total. The fourth-order valence-electron chi connectivity index (χ4n) is 2.37. The van der Waals surface area contributed by atoms with Crippen LogP contribution in [-0.2, 0) is 0 Å². The molecule has 2 fully saturated rings. The van der Waals surface area contributed by atoms with Crippen LogP contribution >= 0.6 is 12.4 Å². The zero-order valence-electron chi connectivity index (χ0n) is 8.61. The van der Waals surface area contributed by atoms with Gasteiger partial charge < -0.3 is 10.4 Å². The van der Waals surface area contributed by atoms with E-state index in [-0.39, 0.29) is 18.5 Å². The van der Waals surface area contributed by atoms with E-state index in [2.05, 4.69) is 10.2 Å². The van der Waals surface area contributed by atoms with Crippen molar-refractivity contribution in [1.82, 2.24) is 10.2 Å². The standard InChI is InChI=1S/C10H20N2O.ClH/c13-10-4-6-12(8-10)7-9-3-1-2-5-11-9;/h9-11,13H,1-8H2;1H. The maximum Gasteiger partial charge on any atom is 0.0679 e. The molecule has 4 heteroatoms. The second-order valence-corrected chi connectivity index (χ2v) is 4.35. The predicted molar refractivity (Wildman–Crippen MR) is 60.0 cm³/mol. The maximum absolute atomic E-state index is 9.37. The third-order valence-electron chi connectivity index (χ3n) is 3.14. The van der Waals surface area contributed by atoms with Gasteiger partial charge in [-0.1, -0.05) is 6.42 Å². The second-order valence-electron chi connectivity index (χ2n) is 4.35. The summed E-state index contributed by atoms with van der Waals surface area (Å²) < 4.78 is 0. The molecule has 2 unspecified atom stereocenters. The lowest BCUT2D eigenvalue weighted by molar-refractivity contribution is 0.169. The number of β-amino-alcohol motifs (C(OH)–C–C–N with tert-alkyl or cyclic N) is 1. The van der Waals surface area contributed by atoms with E-state index in [1.165, 1.54) is 25.8 Å². The smallest absolute Gasteiger partial charge is 0.0679 e. The first kappa shape index (κ1) is 12.2. The van der Waals surface area contributed by atoms with Crippen LogP contribution in [0, 0.1) is 0 Å². The average molecular weight is 221 g/mol. The number of aliphatic hydroxyl groups is 1. The van der Waals surface area contributed by atoms with Crippen molar-refractivity contribution >= 4 is 12.4 Å². The molecule has 84 valence electrons. The quantitative estimate of drug-likeness (QED) is 0.716. The molecule has 0 spiro atoms. The fourth-order valence-corrected chi connectivity index (χ4v) is 2.37. The van der Waals surface area contributed by atoms with E-state index in [9.17, 15) is 5.11 Å². The van der Waals surface area contributed by atoms with Crippen molar-refractivity contribution in [3.63, 3.8) is 0 Å². The lowest BCUT2D eigenvalue weighted by Crippen LogP contribution is -2.43. The summed E-state index contributed by atoms with van der Waals surface area (Å²) >= 11 is 0. The van der Waals surface area contributed by atoms with Gasteiger partial charge in [0.05, 0.1) is 6.10 Å². The van der Waals surface area contributed by atoms with Crippen molar-refractivity contribution in [2.24, 2.45) is 0 Å². The third-order valence-corrected chi connectivity index (χ3v) is 3.14. The van der Waals surface area contributed by atoms with Crippen LogP contribution in [0.25, 0.3) is 0 Å². The van der Waals surface area contributed by atoms with Crippen LogP contribution < -0.4 is 5.32 Å². The van der Waals surface area contributed by atoms with Crippen molar-refractivity contribution in [2.75, 3.05) is 26.2 Å². The first-order valence-electron chi connectivity index (χ1n) is 5.48. The number of nitrogens with one attached hydrogen (secondary N) is 1. The van der Waals surface area contributed by atoms with Crippen molar-refractivity contribution < 1.29 is 5.11 Å². The Hall–Kier alpha value is 0.170. The first-order chi connectivity index (χ1) is 6.34. The van der Waals surface area contributed by atoms with Crippen molar-refractivity contribution in [2.45, 2.75) is 37.8 Å². The topological polar surface area (TPSA) is 35.5 Å². The Labute approximate surface area is 92.3 Å². The zero-order chi connectivity index (χ0) is 9.10. The Morgan fingerprint density at radius 1 is 1.29 bits per heavy atom. The number of hydrogen-bond donors (Lipinski definition) is 2. The van der Waals surface area contributed by atoms with Gasteiger partial charge in [-0.3, -0.25) is 4.90 Å². The van der Waals surface area contributed by atoms with Gasteiger partial charge in [0.25, 0.3) is 0 Å². The van der Waals surface area contributed by atoms with Gasteiger partial charge in [-0.2, -0.15) is 0 Å². The summed E-state index contributed by atoms with van der Waals surface area (Å²) in [5, 5.41) is 12.9. The van der Waals surface area contributed by atoms with E-state index >= 15 is 0 Å². The van der Waals surface area contributed by atoms with E-state index in [0.29, 0.717) is 6.04 Å². The molecule has 0 aliphatic carbocycles. The van der Waals surface area contributed by atoms with Crippen LogP contribution in [0.5, 0.6) is 0 Å². The van der Waals surface area contributed by atoms with Gasteiger partial charge in [0.15, 0.2) is 0 Å². The minimum Gasteiger partial charge on any atom is -0.392 e. The molecule has 2 rings (SSSR count). The van der Waals surface area contributed by atoms with Crippen molar-refractivity contribution in [1.29, 1.82) is 0 Å². The highest BCUT2D eigenvalue weighted by molar-refractivity contribution is 5.85. The summed E-state index contributed by atoms with van der Waals surface area (Å²) in [6.45, 7) is 4.29. The number of rotatable bonds is 2. The number of likely N-dealkylation sites (tertiary alicyclic amines) is 1. The summed E-state index contributed by atoms with van der Waals surface area (Å²) in [5.41, 5.74) is 0. The largest absolute Gasteiger partial charge is 0.392 e. The van der Waals surface area contributed by atoms with Gasteiger partial charge >= 0.3 is 0 Å². The van der Waals surface area contributed by atoms with E-state index in [1.807, 2.05) is 0 Å². The molecule has 2 heterocycles. The molecule has 2 aliphatic heterocycles. The molecule has 0 saturated carbocycles. The summed E-state index contributed by atoms with van der Waals surface area (Å²) in [6, 6.07) is 0.680. The molecular formula is C10H21ClN2O. The summed E-state index contributed by atoms with van der Waals surface area (Å²) in [4.78, 5) is 2.38. The SMILES string of the molecule is Cl.OC1CCN(CC2CCCCN2)C1. The lowest BCUT2D eigenvalue weighted by Gasteiger charge is -2.27. The lowest BCUT2D eigenvalue weighted by atomic mass is 10.0. The van der Waals surface area contributed by atoms with Gasteiger partial charge in [-0.25, -0.2) is 0 Å². The van der Waals surface area contributed by atoms with Crippen LogP contribution in [0.4, 0.5) is 0 Å². The third kappa shape index (κ3) is 3.39. The summed E-state index contributed by atoms with van der Waals surface area (Å²) in [6.07, 6.45) is 4.91. The van der Waals surface area contributed by atoms with E-state index < -0.39 is 0 Å². The van der Waals surface area contributed by atoms with E-state index in [0.717, 1.165) is 26.1 Å². The highest BCUT2D eigenvalue weighted by atomic mass is 35.5. The van der Waals surface area contributed by atoms with E-state index in [1.54, 1.807) is 0 Å². The Bertz CT molecular complexity index is 159. The zero-order valence-corrected chi connectivity index (χ0v) is 9.43. The molecular weight excluding hydrogens is 200 g/mol. The minimum absolute atomic E-state index is 0. The molecule has 0 aromatic rings. The monoisotopic (exact) mass is 220 g/mol. The normalized spacial score (nSPS) is 34.1. The number of aliphatic hydroxyl groups excluding tert-OH is 1. The Morgan fingerprint density at radius 3 is 2.71 bits per heavy atom. The molecule has 0 bridgehead atoms. The molecule has 2 aliphatic rings. The minimum atomic E-state index is -0.0661. The highest BCUT2D eigenvalue weighted by Crippen LogP contribution is 2.13. The summed E-state index contributed by atoms with van der Waals surface area (Å²) in [7, 11) is 0. The molecule has 0 aromatic carbocycles. The van der Waals surface area contributed by atoms with Gasteiger partial charge in [-0.05, 0) is 25.8 Å². The molecule has 0 aromatic heterocycles. The number of hydrogen-bond acceptors (Lipinski definition) is 3. The number of piperidine rings is 1. The molecule has 2 saturated heterocycles. The predicted octanol–water partition coefficient (Wildman–Crippen LogP) is 0.617. The van der Waals surface area contributed by atoms with E-state index in [4.69, 9.17) is 0 Å². The highest BCUT2D eigenvalue weighted by Gasteiger charge is 2.23. The van der Waals surface area contributed by atoms with Gasteiger partial charge in [0.2, 0.25) is 0 Å². The molecule has 14 heavy (non-hydrogen) atoms. The summed E-state index contributed by atoms with van der Waals surface area (Å²) in [5.74, 6) is 0. The first-order valence-corrected chi connectivity index (χ1v) is 5.48. The van der Waals surface area contributed by atoms with Gasteiger partial charge in [-0.15, -0.1) is 12.4 Å². The molecule has 2 atom stereocenters. The van der Waals surface area contributed by atoms with Crippen LogP contribution in [0.2, 0.25) is 0 Å². The average Bonchev–Trinajstić information content (AvgIpc) is 2.53.